The van der Waals surface area contributed by atoms with Crippen molar-refractivity contribution < 1.29 is 9.18 Å². The second-order valence-electron chi connectivity index (χ2n) is 4.81. The van der Waals surface area contributed by atoms with Crippen molar-refractivity contribution in [2.75, 3.05) is 5.73 Å². The number of nitrogens with two attached hydrogens (primary N) is 1. The van der Waals surface area contributed by atoms with Crippen LogP contribution in [0.1, 0.15) is 21.5 Å². The summed E-state index contributed by atoms with van der Waals surface area (Å²) in [5, 5.41) is 0.327. The average Bonchev–Trinajstić information content (AvgIpc) is 2.70. The molecule has 5 heteroatoms. The Kier molecular flexibility index (Phi) is 3.10. The molecule has 2 N–H and O–H groups in total. The second-order valence-corrected chi connectivity index (χ2v) is 5.22. The zero-order valence-electron chi connectivity index (χ0n) is 10.6. The van der Waals surface area contributed by atoms with Crippen LogP contribution in [0.5, 0.6) is 0 Å². The van der Waals surface area contributed by atoms with Crippen molar-refractivity contribution in [2.45, 2.75) is 13.1 Å². The average molecular weight is 291 g/mol. The molecule has 102 valence electrons. The standard InChI is InChI=1S/C15H12ClFN2O/c16-14-5-11(17)3-1-10(14)8-19-7-9-2-4-12(18)6-13(9)15(19)20/h1-6H,7-8,18H2. The molecule has 1 heterocycles. The molecule has 0 aliphatic carbocycles. The molecule has 0 bridgehead atoms. The monoisotopic (exact) mass is 290 g/mol. The SMILES string of the molecule is Nc1ccc2c(c1)C(=O)N(Cc1ccc(F)cc1Cl)C2. The number of benzene rings is 2. The molecule has 0 aromatic heterocycles. The van der Waals surface area contributed by atoms with Gasteiger partial charge in [0.2, 0.25) is 0 Å². The lowest BCUT2D eigenvalue weighted by atomic mass is 10.1. The predicted molar refractivity (Wildman–Crippen MR) is 75.8 cm³/mol. The van der Waals surface area contributed by atoms with E-state index in [4.69, 9.17) is 17.3 Å². The summed E-state index contributed by atoms with van der Waals surface area (Å²) < 4.78 is 13.0. The first-order valence-electron chi connectivity index (χ1n) is 6.16. The number of halogens is 2. The van der Waals surface area contributed by atoms with E-state index in [-0.39, 0.29) is 11.7 Å². The lowest BCUT2D eigenvalue weighted by Crippen LogP contribution is -2.23. The number of hydrogen-bond donors (Lipinski definition) is 1. The summed E-state index contributed by atoms with van der Waals surface area (Å²) in [6.45, 7) is 0.870. The van der Waals surface area contributed by atoms with Crippen LogP contribution in [0.25, 0.3) is 0 Å². The quantitative estimate of drug-likeness (QED) is 0.863. The third kappa shape index (κ3) is 2.23. The minimum absolute atomic E-state index is 0.0762. The Labute approximate surface area is 120 Å². The Morgan fingerprint density at radius 2 is 2.05 bits per heavy atom. The van der Waals surface area contributed by atoms with Gasteiger partial charge in [0.05, 0.1) is 0 Å². The number of nitrogens with zero attached hydrogens (tertiary/aromatic N) is 1. The largest absolute Gasteiger partial charge is 0.399 e. The lowest BCUT2D eigenvalue weighted by molar-refractivity contribution is 0.0767. The van der Waals surface area contributed by atoms with Gasteiger partial charge in [-0.3, -0.25) is 4.79 Å². The Bertz CT molecular complexity index is 702. The van der Waals surface area contributed by atoms with Crippen molar-refractivity contribution in [3.05, 3.63) is 63.9 Å². The first-order chi connectivity index (χ1) is 9.54. The topological polar surface area (TPSA) is 46.3 Å². The number of anilines is 1. The minimum atomic E-state index is -0.387. The zero-order valence-corrected chi connectivity index (χ0v) is 11.3. The highest BCUT2D eigenvalue weighted by Crippen LogP contribution is 2.28. The number of nitrogen functional groups attached to an aromatic ring is 1. The summed E-state index contributed by atoms with van der Waals surface area (Å²) in [4.78, 5) is 14.0. The van der Waals surface area contributed by atoms with Gasteiger partial charge >= 0.3 is 0 Å². The van der Waals surface area contributed by atoms with Crippen LogP contribution in [0.4, 0.5) is 10.1 Å². The van der Waals surface area contributed by atoms with Crippen molar-refractivity contribution in [1.82, 2.24) is 4.90 Å². The van der Waals surface area contributed by atoms with Crippen LogP contribution in [0, 0.1) is 5.82 Å². The third-order valence-corrected chi connectivity index (χ3v) is 3.74. The molecule has 20 heavy (non-hydrogen) atoms. The van der Waals surface area contributed by atoms with Gasteiger partial charge in [-0.2, -0.15) is 0 Å². The molecule has 3 nitrogen and oxygen atoms in total. The smallest absolute Gasteiger partial charge is 0.254 e. The van der Waals surface area contributed by atoms with E-state index in [2.05, 4.69) is 0 Å². The van der Waals surface area contributed by atoms with Crippen molar-refractivity contribution in [3.63, 3.8) is 0 Å². The number of hydrogen-bond acceptors (Lipinski definition) is 2. The molecule has 0 spiro atoms. The van der Waals surface area contributed by atoms with Gasteiger partial charge in [0.25, 0.3) is 5.91 Å². The molecule has 0 saturated heterocycles. The van der Waals surface area contributed by atoms with Crippen LogP contribution in [0.2, 0.25) is 5.02 Å². The van der Waals surface area contributed by atoms with Crippen LogP contribution in [0.3, 0.4) is 0 Å². The highest BCUT2D eigenvalue weighted by molar-refractivity contribution is 6.31. The fourth-order valence-electron chi connectivity index (χ4n) is 2.36. The van der Waals surface area contributed by atoms with E-state index in [0.717, 1.165) is 11.1 Å². The lowest BCUT2D eigenvalue weighted by Gasteiger charge is -2.16. The summed E-state index contributed by atoms with van der Waals surface area (Å²) >= 11 is 5.99. The summed E-state index contributed by atoms with van der Waals surface area (Å²) in [5.74, 6) is -0.463. The molecule has 1 amide bonds. The molecule has 0 atom stereocenters. The van der Waals surface area contributed by atoms with Crippen molar-refractivity contribution >= 4 is 23.2 Å². The highest BCUT2D eigenvalue weighted by atomic mass is 35.5. The Balaban J connectivity index is 1.86. The van der Waals surface area contributed by atoms with Gasteiger partial charge in [-0.05, 0) is 35.4 Å². The molecule has 0 unspecified atom stereocenters. The van der Waals surface area contributed by atoms with Crippen LogP contribution < -0.4 is 5.73 Å². The Morgan fingerprint density at radius 3 is 2.80 bits per heavy atom. The van der Waals surface area contributed by atoms with E-state index in [1.165, 1.54) is 12.1 Å². The molecule has 3 rings (SSSR count). The molecule has 1 aliphatic heterocycles. The van der Waals surface area contributed by atoms with Gasteiger partial charge in [0, 0.05) is 29.4 Å². The third-order valence-electron chi connectivity index (χ3n) is 3.39. The van der Waals surface area contributed by atoms with E-state index < -0.39 is 0 Å². The van der Waals surface area contributed by atoms with Gasteiger partial charge in [0.15, 0.2) is 0 Å². The number of carbonyl (C=O) groups excluding carboxylic acids is 1. The molecule has 0 saturated carbocycles. The minimum Gasteiger partial charge on any atom is -0.399 e. The van der Waals surface area contributed by atoms with Gasteiger partial charge < -0.3 is 10.6 Å². The maximum absolute atomic E-state index is 13.0. The second kappa shape index (κ2) is 4.80. The van der Waals surface area contributed by atoms with Crippen molar-refractivity contribution in [3.8, 4) is 0 Å². The normalized spacial score (nSPS) is 13.7. The summed E-state index contributed by atoms with van der Waals surface area (Å²) in [6.07, 6.45) is 0. The van der Waals surface area contributed by atoms with Crippen LogP contribution >= 0.6 is 11.6 Å². The van der Waals surface area contributed by atoms with Gasteiger partial charge in [-0.25, -0.2) is 4.39 Å². The highest BCUT2D eigenvalue weighted by Gasteiger charge is 2.27. The molecule has 1 aliphatic rings. The van der Waals surface area contributed by atoms with E-state index >= 15 is 0 Å². The molecule has 2 aromatic rings. The van der Waals surface area contributed by atoms with E-state index in [1.807, 2.05) is 6.07 Å². The summed E-state index contributed by atoms with van der Waals surface area (Å²) in [7, 11) is 0. The zero-order chi connectivity index (χ0) is 14.3. The van der Waals surface area contributed by atoms with E-state index in [1.54, 1.807) is 23.1 Å². The fraction of sp³-hybridized carbons (Fsp3) is 0.133. The van der Waals surface area contributed by atoms with Crippen LogP contribution in [-0.2, 0) is 13.1 Å². The molecule has 2 aromatic carbocycles. The summed E-state index contributed by atoms with van der Waals surface area (Å²) in [6, 6.07) is 9.51. The van der Waals surface area contributed by atoms with E-state index in [9.17, 15) is 9.18 Å². The molecule has 0 fully saturated rings. The maximum Gasteiger partial charge on any atom is 0.254 e. The maximum atomic E-state index is 13.0. The first kappa shape index (κ1) is 12.9. The van der Waals surface area contributed by atoms with Crippen molar-refractivity contribution in [2.24, 2.45) is 0 Å². The number of amides is 1. The fourth-order valence-corrected chi connectivity index (χ4v) is 2.59. The van der Waals surface area contributed by atoms with Gasteiger partial charge in [0.1, 0.15) is 5.82 Å². The van der Waals surface area contributed by atoms with Crippen LogP contribution in [-0.4, -0.2) is 10.8 Å². The number of fused-ring (bicyclic) bond motifs is 1. The molecule has 0 radical (unpaired) electrons. The first-order valence-corrected chi connectivity index (χ1v) is 6.54. The molecular formula is C15H12ClFN2O. The molecular weight excluding hydrogens is 279 g/mol. The van der Waals surface area contributed by atoms with Crippen molar-refractivity contribution in [1.29, 1.82) is 0 Å². The van der Waals surface area contributed by atoms with Gasteiger partial charge in [-0.1, -0.05) is 23.7 Å². The van der Waals surface area contributed by atoms with Gasteiger partial charge in [-0.15, -0.1) is 0 Å². The Hall–Kier alpha value is -2.07. The predicted octanol–water partition coefficient (Wildman–Crippen LogP) is 3.22. The Morgan fingerprint density at radius 1 is 1.25 bits per heavy atom. The number of carbonyl (C=O) groups is 1. The van der Waals surface area contributed by atoms with E-state index in [0.29, 0.717) is 29.4 Å². The summed E-state index contributed by atoms with van der Waals surface area (Å²) in [5.41, 5.74) is 8.57. The number of rotatable bonds is 2. The van der Waals surface area contributed by atoms with Crippen LogP contribution in [0.15, 0.2) is 36.4 Å².